The van der Waals surface area contributed by atoms with E-state index < -0.39 is 0 Å². The SMILES string of the molecule is CC(C)CNC(=O)CNc1cccc(N)n1. The molecule has 0 aliphatic carbocycles. The number of aromatic nitrogens is 1. The minimum atomic E-state index is -0.0436. The number of carbonyl (C=O) groups is 1. The number of anilines is 2. The molecular weight excluding hydrogens is 204 g/mol. The first-order chi connectivity index (χ1) is 7.58. The number of carbonyl (C=O) groups excluding carboxylic acids is 1. The molecule has 0 saturated heterocycles. The van der Waals surface area contributed by atoms with Gasteiger partial charge in [-0.3, -0.25) is 4.79 Å². The maximum Gasteiger partial charge on any atom is 0.239 e. The molecule has 0 aliphatic rings. The molecular formula is C11H18N4O. The van der Waals surface area contributed by atoms with Gasteiger partial charge in [0.05, 0.1) is 6.54 Å². The minimum Gasteiger partial charge on any atom is -0.384 e. The van der Waals surface area contributed by atoms with Gasteiger partial charge in [0.25, 0.3) is 0 Å². The van der Waals surface area contributed by atoms with Crippen LogP contribution in [0.25, 0.3) is 0 Å². The molecule has 0 radical (unpaired) electrons. The summed E-state index contributed by atoms with van der Waals surface area (Å²) in [6.07, 6.45) is 0. The van der Waals surface area contributed by atoms with Gasteiger partial charge in [-0.05, 0) is 18.1 Å². The van der Waals surface area contributed by atoms with Crippen LogP contribution < -0.4 is 16.4 Å². The Balaban J connectivity index is 2.31. The van der Waals surface area contributed by atoms with Crippen LogP contribution in [0.4, 0.5) is 11.6 Å². The summed E-state index contributed by atoms with van der Waals surface area (Å²) < 4.78 is 0. The van der Waals surface area contributed by atoms with Crippen molar-refractivity contribution >= 4 is 17.5 Å². The summed E-state index contributed by atoms with van der Waals surface area (Å²) in [6.45, 7) is 4.99. The fourth-order valence-corrected chi connectivity index (χ4v) is 1.10. The quantitative estimate of drug-likeness (QED) is 0.690. The van der Waals surface area contributed by atoms with E-state index in [9.17, 15) is 4.79 Å². The van der Waals surface area contributed by atoms with E-state index in [2.05, 4.69) is 15.6 Å². The van der Waals surface area contributed by atoms with Gasteiger partial charge in [-0.2, -0.15) is 0 Å². The Hall–Kier alpha value is -1.78. The molecule has 0 atom stereocenters. The fourth-order valence-electron chi connectivity index (χ4n) is 1.10. The molecule has 1 amide bonds. The first kappa shape index (κ1) is 12.3. The Kier molecular flexibility index (Phi) is 4.57. The summed E-state index contributed by atoms with van der Waals surface area (Å²) in [5.74, 6) is 1.46. The summed E-state index contributed by atoms with van der Waals surface area (Å²) in [7, 11) is 0. The largest absolute Gasteiger partial charge is 0.384 e. The first-order valence-corrected chi connectivity index (χ1v) is 5.31. The number of nitrogens with zero attached hydrogens (tertiary/aromatic N) is 1. The van der Waals surface area contributed by atoms with Crippen LogP contribution in [0.1, 0.15) is 13.8 Å². The second-order valence-corrected chi connectivity index (χ2v) is 4.00. The molecule has 16 heavy (non-hydrogen) atoms. The van der Waals surface area contributed by atoms with Crippen LogP contribution in [0, 0.1) is 5.92 Å². The van der Waals surface area contributed by atoms with Crippen molar-refractivity contribution in [2.24, 2.45) is 5.92 Å². The van der Waals surface area contributed by atoms with Crippen LogP contribution in [0.3, 0.4) is 0 Å². The molecule has 5 heteroatoms. The highest BCUT2D eigenvalue weighted by molar-refractivity contribution is 5.80. The molecule has 0 unspecified atom stereocenters. The van der Waals surface area contributed by atoms with Crippen LogP contribution in [-0.2, 0) is 4.79 Å². The van der Waals surface area contributed by atoms with Gasteiger partial charge in [-0.15, -0.1) is 0 Å². The Labute approximate surface area is 95.4 Å². The molecule has 0 fully saturated rings. The molecule has 0 saturated carbocycles. The lowest BCUT2D eigenvalue weighted by Gasteiger charge is -2.09. The van der Waals surface area contributed by atoms with E-state index in [1.807, 2.05) is 13.8 Å². The first-order valence-electron chi connectivity index (χ1n) is 5.31. The fraction of sp³-hybridized carbons (Fsp3) is 0.455. The van der Waals surface area contributed by atoms with Gasteiger partial charge in [0.1, 0.15) is 11.6 Å². The summed E-state index contributed by atoms with van der Waals surface area (Å²) in [5.41, 5.74) is 5.51. The second-order valence-electron chi connectivity index (χ2n) is 4.00. The summed E-state index contributed by atoms with van der Waals surface area (Å²) in [4.78, 5) is 15.4. The Morgan fingerprint density at radius 3 is 2.88 bits per heavy atom. The number of nitrogens with two attached hydrogens (primary N) is 1. The number of hydrogen-bond acceptors (Lipinski definition) is 4. The second kappa shape index (κ2) is 5.95. The molecule has 1 heterocycles. The standard InChI is InChI=1S/C11H18N4O/c1-8(2)6-14-11(16)7-13-10-5-3-4-9(12)15-10/h3-5,8H,6-7H2,1-2H3,(H,14,16)(H3,12,13,15). The molecule has 0 spiro atoms. The van der Waals surface area contributed by atoms with Crippen LogP contribution >= 0.6 is 0 Å². The van der Waals surface area contributed by atoms with Crippen molar-refractivity contribution in [2.45, 2.75) is 13.8 Å². The van der Waals surface area contributed by atoms with Crippen molar-refractivity contribution in [2.75, 3.05) is 24.1 Å². The zero-order chi connectivity index (χ0) is 12.0. The molecule has 4 N–H and O–H groups in total. The Morgan fingerprint density at radius 1 is 1.50 bits per heavy atom. The van der Waals surface area contributed by atoms with Gasteiger partial charge in [0.15, 0.2) is 0 Å². The van der Waals surface area contributed by atoms with E-state index >= 15 is 0 Å². The molecule has 1 rings (SSSR count). The Morgan fingerprint density at radius 2 is 2.25 bits per heavy atom. The average Bonchev–Trinajstić information content (AvgIpc) is 2.23. The predicted octanol–water partition coefficient (Wildman–Crippen LogP) is 0.848. The molecule has 5 nitrogen and oxygen atoms in total. The molecule has 0 aromatic carbocycles. The van der Waals surface area contributed by atoms with E-state index in [1.165, 1.54) is 0 Å². The van der Waals surface area contributed by atoms with Gasteiger partial charge in [-0.25, -0.2) is 4.98 Å². The van der Waals surface area contributed by atoms with Crippen molar-refractivity contribution < 1.29 is 4.79 Å². The van der Waals surface area contributed by atoms with Crippen LogP contribution in [0.15, 0.2) is 18.2 Å². The molecule has 1 aromatic rings. The van der Waals surface area contributed by atoms with Gasteiger partial charge in [0, 0.05) is 6.54 Å². The van der Waals surface area contributed by atoms with Crippen molar-refractivity contribution in [3.63, 3.8) is 0 Å². The van der Waals surface area contributed by atoms with Crippen molar-refractivity contribution in [3.8, 4) is 0 Å². The van der Waals surface area contributed by atoms with Gasteiger partial charge in [0.2, 0.25) is 5.91 Å². The molecule has 88 valence electrons. The molecule has 0 bridgehead atoms. The lowest BCUT2D eigenvalue weighted by atomic mass is 10.2. The summed E-state index contributed by atoms with van der Waals surface area (Å²) in [6, 6.07) is 5.26. The molecule has 1 aromatic heterocycles. The maximum atomic E-state index is 11.4. The lowest BCUT2D eigenvalue weighted by molar-refractivity contribution is -0.119. The van der Waals surface area contributed by atoms with E-state index in [-0.39, 0.29) is 12.5 Å². The number of pyridine rings is 1. The van der Waals surface area contributed by atoms with Crippen molar-refractivity contribution in [1.29, 1.82) is 0 Å². The van der Waals surface area contributed by atoms with Crippen LogP contribution in [0.2, 0.25) is 0 Å². The summed E-state index contributed by atoms with van der Waals surface area (Å²) in [5, 5.41) is 5.71. The van der Waals surface area contributed by atoms with Gasteiger partial charge >= 0.3 is 0 Å². The highest BCUT2D eigenvalue weighted by Gasteiger charge is 2.02. The predicted molar refractivity (Wildman–Crippen MR) is 65.0 cm³/mol. The monoisotopic (exact) mass is 222 g/mol. The third kappa shape index (κ3) is 4.63. The average molecular weight is 222 g/mol. The minimum absolute atomic E-state index is 0.0436. The highest BCUT2D eigenvalue weighted by Crippen LogP contribution is 2.04. The van der Waals surface area contributed by atoms with E-state index in [0.717, 1.165) is 0 Å². The number of hydrogen-bond donors (Lipinski definition) is 3. The van der Waals surface area contributed by atoms with Crippen molar-refractivity contribution in [1.82, 2.24) is 10.3 Å². The van der Waals surface area contributed by atoms with Crippen LogP contribution in [-0.4, -0.2) is 24.0 Å². The zero-order valence-electron chi connectivity index (χ0n) is 9.66. The normalized spacial score (nSPS) is 10.2. The number of rotatable bonds is 5. The smallest absolute Gasteiger partial charge is 0.239 e. The van der Waals surface area contributed by atoms with Crippen LogP contribution in [0.5, 0.6) is 0 Å². The number of nitrogen functional groups attached to an aromatic ring is 1. The topological polar surface area (TPSA) is 80.0 Å². The van der Waals surface area contributed by atoms with Gasteiger partial charge in [-0.1, -0.05) is 19.9 Å². The molecule has 0 aliphatic heterocycles. The van der Waals surface area contributed by atoms with E-state index in [1.54, 1.807) is 18.2 Å². The summed E-state index contributed by atoms with van der Waals surface area (Å²) >= 11 is 0. The lowest BCUT2D eigenvalue weighted by Crippen LogP contribution is -2.32. The zero-order valence-corrected chi connectivity index (χ0v) is 9.66. The number of amides is 1. The number of nitrogens with one attached hydrogen (secondary N) is 2. The Bertz CT molecular complexity index is 352. The van der Waals surface area contributed by atoms with E-state index in [0.29, 0.717) is 24.1 Å². The third-order valence-corrected chi connectivity index (χ3v) is 1.91. The van der Waals surface area contributed by atoms with Crippen molar-refractivity contribution in [3.05, 3.63) is 18.2 Å². The van der Waals surface area contributed by atoms with Gasteiger partial charge < -0.3 is 16.4 Å². The third-order valence-electron chi connectivity index (χ3n) is 1.91. The highest BCUT2D eigenvalue weighted by atomic mass is 16.1. The van der Waals surface area contributed by atoms with E-state index in [4.69, 9.17) is 5.73 Å². The maximum absolute atomic E-state index is 11.4.